The Bertz CT molecular complexity index is 1400. The van der Waals surface area contributed by atoms with Gasteiger partial charge in [0.15, 0.2) is 5.75 Å². The van der Waals surface area contributed by atoms with Gasteiger partial charge in [-0.05, 0) is 60.4 Å². The summed E-state index contributed by atoms with van der Waals surface area (Å²) in [4.78, 5) is 25.2. The summed E-state index contributed by atoms with van der Waals surface area (Å²) in [6.45, 7) is -0.299. The molecule has 2 amide bonds. The first kappa shape index (κ1) is 34.4. The van der Waals surface area contributed by atoms with E-state index >= 15 is 0 Å². The van der Waals surface area contributed by atoms with Gasteiger partial charge in [-0.2, -0.15) is 13.2 Å². The van der Waals surface area contributed by atoms with E-state index in [1.165, 1.54) is 18.2 Å². The Labute approximate surface area is 266 Å². The summed E-state index contributed by atoms with van der Waals surface area (Å²) < 4.78 is 51.7. The van der Waals surface area contributed by atoms with Crippen LogP contribution in [-0.2, 0) is 17.8 Å². The van der Waals surface area contributed by atoms with E-state index in [1.54, 1.807) is 36.4 Å². The normalized spacial score (nSPS) is 12.0. The molecule has 0 saturated carbocycles. The van der Waals surface area contributed by atoms with E-state index in [2.05, 4.69) is 5.32 Å². The number of halogens is 7. The summed E-state index contributed by atoms with van der Waals surface area (Å²) >= 11 is 24.5. The predicted molar refractivity (Wildman–Crippen MR) is 160 cm³/mol. The van der Waals surface area contributed by atoms with Crippen molar-refractivity contribution in [3.05, 3.63) is 91.4 Å². The van der Waals surface area contributed by atoms with E-state index in [9.17, 15) is 22.8 Å². The maximum atomic E-state index is 13.5. The van der Waals surface area contributed by atoms with Crippen molar-refractivity contribution in [1.82, 2.24) is 10.2 Å². The van der Waals surface area contributed by atoms with Crippen LogP contribution < -0.4 is 14.8 Å². The van der Waals surface area contributed by atoms with Crippen molar-refractivity contribution in [2.75, 3.05) is 26.3 Å². The second kappa shape index (κ2) is 15.6. The van der Waals surface area contributed by atoms with Crippen LogP contribution in [0.4, 0.5) is 18.0 Å². The Kier molecular flexibility index (Phi) is 12.5. The second-order valence-electron chi connectivity index (χ2n) is 9.51. The Morgan fingerprint density at radius 3 is 2.19 bits per heavy atom. The summed E-state index contributed by atoms with van der Waals surface area (Å²) in [5.41, 5.74) is 1.68. The van der Waals surface area contributed by atoms with E-state index in [0.717, 1.165) is 5.56 Å². The summed E-state index contributed by atoms with van der Waals surface area (Å²) in [6, 6.07) is 14.4. The quantitative estimate of drug-likeness (QED) is 0.178. The molecule has 0 radical (unpaired) electrons. The molecule has 0 fully saturated rings. The first-order chi connectivity index (χ1) is 20.2. The highest BCUT2D eigenvalue weighted by atomic mass is 35.5. The van der Waals surface area contributed by atoms with Crippen LogP contribution in [0.1, 0.15) is 16.7 Å². The highest BCUT2D eigenvalue weighted by molar-refractivity contribution is 6.42. The van der Waals surface area contributed by atoms with Crippen LogP contribution in [0.3, 0.4) is 0 Å². The number of ether oxygens (including phenoxy) is 2. The molecule has 43 heavy (non-hydrogen) atoms. The van der Waals surface area contributed by atoms with E-state index in [-0.39, 0.29) is 35.2 Å². The number of rotatable bonds is 13. The smallest absolute Gasteiger partial charge is 0.406 e. The first-order valence-corrected chi connectivity index (χ1v) is 14.3. The highest BCUT2D eigenvalue weighted by Crippen LogP contribution is 2.34. The fourth-order valence-corrected chi connectivity index (χ4v) is 5.24. The lowest BCUT2D eigenvalue weighted by Crippen LogP contribution is -2.45. The fourth-order valence-electron chi connectivity index (χ4n) is 4.15. The molecule has 0 spiro atoms. The van der Waals surface area contributed by atoms with Crippen molar-refractivity contribution in [3.63, 3.8) is 0 Å². The molecular weight excluding hydrogens is 655 g/mol. The van der Waals surface area contributed by atoms with Crippen molar-refractivity contribution in [2.45, 2.75) is 26.1 Å². The molecule has 1 unspecified atom stereocenters. The molecule has 0 saturated heterocycles. The first-order valence-electron chi connectivity index (χ1n) is 12.8. The highest BCUT2D eigenvalue weighted by Gasteiger charge is 2.36. The van der Waals surface area contributed by atoms with Crippen molar-refractivity contribution >= 4 is 58.4 Å². The van der Waals surface area contributed by atoms with Gasteiger partial charge in [0, 0.05) is 13.1 Å². The molecule has 3 rings (SSSR count). The summed E-state index contributed by atoms with van der Waals surface area (Å²) in [5, 5.41) is 12.1. The zero-order valence-electron chi connectivity index (χ0n) is 22.7. The van der Waals surface area contributed by atoms with Crippen molar-refractivity contribution in [3.8, 4) is 11.5 Å². The minimum atomic E-state index is -4.72. The van der Waals surface area contributed by atoms with Gasteiger partial charge in [-0.1, -0.05) is 70.7 Å². The minimum absolute atomic E-state index is 0.0235. The fraction of sp³-hybridized carbons (Fsp3) is 0.310. The average Bonchev–Trinajstić information content (AvgIpc) is 2.91. The molecule has 0 aliphatic rings. The molecule has 3 aromatic rings. The zero-order chi connectivity index (χ0) is 31.7. The molecule has 232 valence electrons. The van der Waals surface area contributed by atoms with Gasteiger partial charge >= 0.3 is 12.3 Å². The molecule has 0 aliphatic carbocycles. The Morgan fingerprint density at radius 2 is 1.58 bits per heavy atom. The number of carboxylic acid groups (broad SMARTS) is 1. The monoisotopic (exact) mass is 680 g/mol. The molecule has 0 aromatic heterocycles. The maximum Gasteiger partial charge on any atom is 0.406 e. The van der Waals surface area contributed by atoms with Gasteiger partial charge < -0.3 is 24.8 Å². The van der Waals surface area contributed by atoms with E-state index < -0.39 is 43.7 Å². The van der Waals surface area contributed by atoms with Gasteiger partial charge in [-0.3, -0.25) is 4.79 Å². The molecule has 2 N–H and O–H groups in total. The summed E-state index contributed by atoms with van der Waals surface area (Å²) in [7, 11) is 0. The van der Waals surface area contributed by atoms with Crippen LogP contribution in [0.15, 0.2) is 54.6 Å². The molecule has 0 aliphatic heterocycles. The average molecular weight is 682 g/mol. The minimum Gasteiger partial charge on any atom is -0.490 e. The van der Waals surface area contributed by atoms with Gasteiger partial charge in [-0.25, -0.2) is 4.79 Å². The Hall–Kier alpha value is -3.05. The van der Waals surface area contributed by atoms with Gasteiger partial charge in [-0.15, -0.1) is 0 Å². The van der Waals surface area contributed by atoms with Gasteiger partial charge in [0.05, 0.1) is 26.0 Å². The largest absolute Gasteiger partial charge is 0.490 e. The molecule has 1 atom stereocenters. The number of nitrogens with zero attached hydrogens (tertiary/aromatic N) is 1. The third kappa shape index (κ3) is 10.9. The number of nitrogens with one attached hydrogen (secondary N) is 1. The number of hydrogen-bond acceptors (Lipinski definition) is 4. The van der Waals surface area contributed by atoms with Crippen molar-refractivity contribution < 1.29 is 37.3 Å². The molecule has 14 heteroatoms. The summed E-state index contributed by atoms with van der Waals surface area (Å²) in [6.07, 6.45) is -6.19. The molecule has 7 nitrogen and oxygen atoms in total. The van der Waals surface area contributed by atoms with Crippen molar-refractivity contribution in [1.29, 1.82) is 0 Å². The van der Waals surface area contributed by atoms with Crippen LogP contribution in [0.5, 0.6) is 11.5 Å². The standard InChI is InChI=1S/C29H27Cl4F3N2O5/c1-17-11-23(31)26(24(32)12-17)43-10-9-42-21-7-5-18(6-8-21)13-20(14-37-28(40)41)27(39)38(16-29(34,35)36)15-19-3-2-4-22(30)25(19)33/h2-8,11-12,20,37H,9-10,13-16H2,1H3,(H,40,41). The number of benzene rings is 3. The Balaban J connectivity index is 1.69. The second-order valence-corrected chi connectivity index (χ2v) is 11.1. The number of carbonyl (C=O) groups excluding carboxylic acids is 1. The van der Waals surface area contributed by atoms with Crippen LogP contribution in [-0.4, -0.2) is 54.5 Å². The molecule has 0 bridgehead atoms. The van der Waals surface area contributed by atoms with Crippen molar-refractivity contribution in [2.24, 2.45) is 5.92 Å². The number of hydrogen-bond donors (Lipinski definition) is 2. The van der Waals surface area contributed by atoms with Crippen LogP contribution >= 0.6 is 46.4 Å². The van der Waals surface area contributed by atoms with Gasteiger partial charge in [0.2, 0.25) is 5.91 Å². The van der Waals surface area contributed by atoms with Crippen LogP contribution in [0, 0.1) is 12.8 Å². The number of amides is 2. The van der Waals surface area contributed by atoms with Crippen LogP contribution in [0.25, 0.3) is 0 Å². The lowest BCUT2D eigenvalue weighted by Gasteiger charge is -2.29. The SMILES string of the molecule is Cc1cc(Cl)c(OCCOc2ccc(CC(CNC(=O)O)C(=O)N(Cc3cccc(Cl)c3Cl)CC(F)(F)F)cc2)c(Cl)c1. The van der Waals surface area contributed by atoms with E-state index in [0.29, 0.717) is 32.0 Å². The third-order valence-corrected chi connectivity index (χ3v) is 7.49. The molecule has 0 heterocycles. The molecule has 3 aromatic carbocycles. The Morgan fingerprint density at radius 1 is 0.953 bits per heavy atom. The topological polar surface area (TPSA) is 88.1 Å². The maximum absolute atomic E-state index is 13.5. The zero-order valence-corrected chi connectivity index (χ0v) is 25.7. The van der Waals surface area contributed by atoms with E-state index in [4.69, 9.17) is 61.0 Å². The lowest BCUT2D eigenvalue weighted by atomic mass is 9.97. The van der Waals surface area contributed by atoms with E-state index in [1.807, 2.05) is 6.92 Å². The number of aryl methyl sites for hydroxylation is 1. The number of carbonyl (C=O) groups is 2. The number of alkyl halides is 3. The predicted octanol–water partition coefficient (Wildman–Crippen LogP) is 8.08. The lowest BCUT2D eigenvalue weighted by molar-refractivity contribution is -0.164. The van der Waals surface area contributed by atoms with Gasteiger partial charge in [0.25, 0.3) is 0 Å². The van der Waals surface area contributed by atoms with Gasteiger partial charge in [0.1, 0.15) is 25.5 Å². The third-order valence-electron chi connectivity index (χ3n) is 6.07. The van der Waals surface area contributed by atoms with Crippen LogP contribution in [0.2, 0.25) is 20.1 Å². The summed E-state index contributed by atoms with van der Waals surface area (Å²) in [5.74, 6) is -1.25. The molecular formula is C29H27Cl4F3N2O5.